The number of hydrogen-bond donors (Lipinski definition) is 2. The number of carbonyl (C=O) groups is 1. The molecule has 5 heteroatoms. The van der Waals surface area contributed by atoms with E-state index in [0.717, 1.165) is 5.56 Å². The summed E-state index contributed by atoms with van der Waals surface area (Å²) in [6.07, 6.45) is 0.591. The van der Waals surface area contributed by atoms with E-state index in [4.69, 9.17) is 27.8 Å². The van der Waals surface area contributed by atoms with Crippen LogP contribution in [0, 0.1) is 0 Å². The van der Waals surface area contributed by atoms with Gasteiger partial charge in [0.05, 0.1) is 0 Å². The molecule has 0 saturated heterocycles. The van der Waals surface area contributed by atoms with Gasteiger partial charge >= 0.3 is 0 Å². The summed E-state index contributed by atoms with van der Waals surface area (Å²) in [5.41, 5.74) is 11.5. The molecule has 16 heavy (non-hydrogen) atoms. The van der Waals surface area contributed by atoms with Gasteiger partial charge in [-0.05, 0) is 25.5 Å². The van der Waals surface area contributed by atoms with Gasteiger partial charge < -0.3 is 16.2 Å². The van der Waals surface area contributed by atoms with Crippen molar-refractivity contribution in [1.82, 2.24) is 0 Å². The van der Waals surface area contributed by atoms with Gasteiger partial charge in [-0.25, -0.2) is 0 Å². The van der Waals surface area contributed by atoms with Crippen molar-refractivity contribution in [2.24, 2.45) is 11.5 Å². The standard InChI is InChI=1S/C11H15ClN2O2/c1-7(13)5-8-9(12)3-2-4-10(8)16-6-11(14)15/h2-4,7H,5-6,13H2,1H3,(H2,14,15). The Bertz CT molecular complexity index is 380. The highest BCUT2D eigenvalue weighted by atomic mass is 35.5. The van der Waals surface area contributed by atoms with Crippen LogP contribution in [0.2, 0.25) is 5.02 Å². The lowest BCUT2D eigenvalue weighted by molar-refractivity contribution is -0.119. The quantitative estimate of drug-likeness (QED) is 0.812. The van der Waals surface area contributed by atoms with Crippen LogP contribution in [0.3, 0.4) is 0 Å². The van der Waals surface area contributed by atoms with Crippen molar-refractivity contribution in [2.75, 3.05) is 6.61 Å². The summed E-state index contributed by atoms with van der Waals surface area (Å²) in [6, 6.07) is 5.22. The molecular weight excluding hydrogens is 228 g/mol. The third-order valence-corrected chi connectivity index (χ3v) is 2.33. The maximum atomic E-state index is 10.6. The van der Waals surface area contributed by atoms with E-state index in [9.17, 15) is 4.79 Å². The molecule has 4 N–H and O–H groups in total. The Morgan fingerprint density at radius 2 is 2.25 bits per heavy atom. The fourth-order valence-corrected chi connectivity index (χ4v) is 1.59. The average Bonchev–Trinajstić information content (AvgIpc) is 2.18. The Kier molecular flexibility index (Phi) is 4.58. The number of amides is 1. The molecule has 0 aliphatic rings. The predicted molar refractivity (Wildman–Crippen MR) is 63.5 cm³/mol. The fourth-order valence-electron chi connectivity index (χ4n) is 1.34. The Morgan fingerprint density at radius 1 is 1.56 bits per heavy atom. The molecular formula is C11H15ClN2O2. The number of rotatable bonds is 5. The first-order valence-corrected chi connectivity index (χ1v) is 5.32. The van der Waals surface area contributed by atoms with Gasteiger partial charge in [-0.1, -0.05) is 17.7 Å². The first-order chi connectivity index (χ1) is 7.50. The second kappa shape index (κ2) is 5.72. The van der Waals surface area contributed by atoms with E-state index in [1.54, 1.807) is 18.2 Å². The van der Waals surface area contributed by atoms with Crippen LogP contribution in [-0.4, -0.2) is 18.6 Å². The molecule has 0 saturated carbocycles. The minimum absolute atomic E-state index is 0.0316. The highest BCUT2D eigenvalue weighted by molar-refractivity contribution is 6.31. The highest BCUT2D eigenvalue weighted by Gasteiger charge is 2.10. The van der Waals surface area contributed by atoms with Gasteiger partial charge in [0, 0.05) is 16.6 Å². The fraction of sp³-hybridized carbons (Fsp3) is 0.364. The normalized spacial score (nSPS) is 12.2. The molecule has 1 aromatic rings. The summed E-state index contributed by atoms with van der Waals surface area (Å²) < 4.78 is 5.27. The van der Waals surface area contributed by atoms with Gasteiger partial charge in [0.25, 0.3) is 5.91 Å². The summed E-state index contributed by atoms with van der Waals surface area (Å²) in [7, 11) is 0. The molecule has 88 valence electrons. The van der Waals surface area contributed by atoms with Crippen molar-refractivity contribution < 1.29 is 9.53 Å². The first-order valence-electron chi connectivity index (χ1n) is 4.94. The maximum absolute atomic E-state index is 10.6. The van der Waals surface area contributed by atoms with Crippen LogP contribution in [0.25, 0.3) is 0 Å². The van der Waals surface area contributed by atoms with E-state index in [2.05, 4.69) is 0 Å². The molecule has 1 atom stereocenters. The van der Waals surface area contributed by atoms with Crippen molar-refractivity contribution in [3.05, 3.63) is 28.8 Å². The summed E-state index contributed by atoms with van der Waals surface area (Å²) in [4.78, 5) is 10.6. The molecule has 0 radical (unpaired) electrons. The second-order valence-corrected chi connectivity index (χ2v) is 4.06. The monoisotopic (exact) mass is 242 g/mol. The zero-order valence-electron chi connectivity index (χ0n) is 9.07. The molecule has 0 bridgehead atoms. The number of halogens is 1. The molecule has 0 spiro atoms. The number of primary amides is 1. The molecule has 4 nitrogen and oxygen atoms in total. The SMILES string of the molecule is CC(N)Cc1c(Cl)cccc1OCC(N)=O. The van der Waals surface area contributed by atoms with Crippen molar-refractivity contribution in [1.29, 1.82) is 0 Å². The van der Waals surface area contributed by atoms with Crippen molar-refractivity contribution in [2.45, 2.75) is 19.4 Å². The van der Waals surface area contributed by atoms with Gasteiger partial charge in [-0.3, -0.25) is 4.79 Å². The van der Waals surface area contributed by atoms with E-state index in [-0.39, 0.29) is 12.6 Å². The molecule has 0 aliphatic heterocycles. The Hall–Kier alpha value is -1.26. The number of ether oxygens (including phenoxy) is 1. The summed E-state index contributed by atoms with van der Waals surface area (Å²) in [5.74, 6) is 0.0373. The van der Waals surface area contributed by atoms with Crippen LogP contribution < -0.4 is 16.2 Å². The lowest BCUT2D eigenvalue weighted by Crippen LogP contribution is -2.22. The predicted octanol–water partition coefficient (Wildman–Crippen LogP) is 1.09. The van der Waals surface area contributed by atoms with Crippen molar-refractivity contribution in [3.8, 4) is 5.75 Å². The lowest BCUT2D eigenvalue weighted by Gasteiger charge is -2.13. The highest BCUT2D eigenvalue weighted by Crippen LogP contribution is 2.27. The van der Waals surface area contributed by atoms with E-state index in [1.165, 1.54) is 0 Å². The molecule has 0 heterocycles. The van der Waals surface area contributed by atoms with Gasteiger partial charge in [0.1, 0.15) is 5.75 Å². The molecule has 1 rings (SSSR count). The van der Waals surface area contributed by atoms with Crippen LogP contribution in [0.15, 0.2) is 18.2 Å². The van der Waals surface area contributed by atoms with Gasteiger partial charge in [0.15, 0.2) is 6.61 Å². The van der Waals surface area contributed by atoms with E-state index in [0.29, 0.717) is 17.2 Å². The molecule has 1 amide bonds. The average molecular weight is 243 g/mol. The van der Waals surface area contributed by atoms with Gasteiger partial charge in [0.2, 0.25) is 0 Å². The Labute approximate surface area is 99.5 Å². The molecule has 0 aliphatic carbocycles. The second-order valence-electron chi connectivity index (χ2n) is 3.65. The Balaban J connectivity index is 2.89. The van der Waals surface area contributed by atoms with E-state index in [1.807, 2.05) is 6.92 Å². The van der Waals surface area contributed by atoms with E-state index < -0.39 is 5.91 Å². The smallest absolute Gasteiger partial charge is 0.255 e. The lowest BCUT2D eigenvalue weighted by atomic mass is 10.1. The third kappa shape index (κ3) is 3.72. The number of hydrogen-bond acceptors (Lipinski definition) is 3. The zero-order chi connectivity index (χ0) is 12.1. The van der Waals surface area contributed by atoms with Gasteiger partial charge in [-0.15, -0.1) is 0 Å². The summed E-state index contributed by atoms with van der Waals surface area (Å²) in [5, 5.41) is 0.583. The summed E-state index contributed by atoms with van der Waals surface area (Å²) >= 11 is 6.04. The minimum Gasteiger partial charge on any atom is -0.483 e. The largest absolute Gasteiger partial charge is 0.483 e. The third-order valence-electron chi connectivity index (χ3n) is 1.97. The Morgan fingerprint density at radius 3 is 2.81 bits per heavy atom. The van der Waals surface area contributed by atoms with E-state index >= 15 is 0 Å². The minimum atomic E-state index is -0.522. The molecule has 1 unspecified atom stereocenters. The first kappa shape index (κ1) is 12.8. The number of carbonyl (C=O) groups excluding carboxylic acids is 1. The topological polar surface area (TPSA) is 78.3 Å². The van der Waals surface area contributed by atoms with Crippen LogP contribution in [0.1, 0.15) is 12.5 Å². The van der Waals surface area contributed by atoms with Crippen molar-refractivity contribution in [3.63, 3.8) is 0 Å². The van der Waals surface area contributed by atoms with Crippen LogP contribution in [0.4, 0.5) is 0 Å². The van der Waals surface area contributed by atoms with Gasteiger partial charge in [-0.2, -0.15) is 0 Å². The molecule has 1 aromatic carbocycles. The zero-order valence-corrected chi connectivity index (χ0v) is 9.83. The summed E-state index contributed by atoms with van der Waals surface area (Å²) in [6.45, 7) is 1.72. The van der Waals surface area contributed by atoms with Crippen LogP contribution in [-0.2, 0) is 11.2 Å². The maximum Gasteiger partial charge on any atom is 0.255 e. The van der Waals surface area contributed by atoms with Crippen molar-refractivity contribution >= 4 is 17.5 Å². The number of nitrogens with two attached hydrogens (primary N) is 2. The molecule has 0 aromatic heterocycles. The van der Waals surface area contributed by atoms with Crippen LogP contribution >= 0.6 is 11.6 Å². The number of benzene rings is 1. The van der Waals surface area contributed by atoms with Crippen LogP contribution in [0.5, 0.6) is 5.75 Å². The molecule has 0 fully saturated rings.